The van der Waals surface area contributed by atoms with Crippen molar-refractivity contribution < 1.29 is 10.0 Å². The van der Waals surface area contributed by atoms with Crippen molar-refractivity contribution in [2.75, 3.05) is 7.05 Å². The predicted molar refractivity (Wildman–Crippen MR) is 76.8 cm³/mol. The second-order valence-electron chi connectivity index (χ2n) is 4.44. The van der Waals surface area contributed by atoms with Gasteiger partial charge in [-0.15, -0.1) is 0 Å². The summed E-state index contributed by atoms with van der Waals surface area (Å²) in [5.74, 6) is -0.197. The Bertz CT molecular complexity index is 657. The second kappa shape index (κ2) is 6.47. The van der Waals surface area contributed by atoms with E-state index >= 15 is 0 Å². The van der Waals surface area contributed by atoms with Crippen LogP contribution < -0.4 is 5.73 Å². The van der Waals surface area contributed by atoms with Crippen LogP contribution in [0, 0.1) is 0 Å². The van der Waals surface area contributed by atoms with Crippen LogP contribution in [0.15, 0.2) is 48.0 Å². The molecule has 0 bridgehead atoms. The highest BCUT2D eigenvalue weighted by Gasteiger charge is 2.13. The van der Waals surface area contributed by atoms with Crippen molar-refractivity contribution in [3.8, 4) is 0 Å². The Balaban J connectivity index is 2.13. The minimum absolute atomic E-state index is 0.0276. The van der Waals surface area contributed by atoms with E-state index in [2.05, 4.69) is 15.1 Å². The van der Waals surface area contributed by atoms with Gasteiger partial charge in [-0.1, -0.05) is 23.4 Å². The van der Waals surface area contributed by atoms with Gasteiger partial charge >= 0.3 is 0 Å². The molecule has 7 nitrogen and oxygen atoms in total. The highest BCUT2D eigenvalue weighted by atomic mass is 16.4. The standard InChI is InChI=1S/C14H15N5O2/c1-19(14(20)12-8-16-5-6-17-12)9-10-3-2-4-11(7-10)13(15)18-21/h2-8,21H,9H2,1H3,(H2,15,18). The summed E-state index contributed by atoms with van der Waals surface area (Å²) < 4.78 is 0. The maximum absolute atomic E-state index is 12.2. The zero-order valence-corrected chi connectivity index (χ0v) is 11.5. The molecule has 21 heavy (non-hydrogen) atoms. The van der Waals surface area contributed by atoms with Gasteiger partial charge in [-0.2, -0.15) is 0 Å². The van der Waals surface area contributed by atoms with E-state index in [1.165, 1.54) is 23.5 Å². The molecule has 0 fully saturated rings. The maximum atomic E-state index is 12.2. The van der Waals surface area contributed by atoms with Crippen LogP contribution in [0.1, 0.15) is 21.6 Å². The molecule has 1 aromatic heterocycles. The van der Waals surface area contributed by atoms with Gasteiger partial charge in [0.1, 0.15) is 5.69 Å². The SMILES string of the molecule is CN(Cc1cccc(C(N)=NO)c1)C(=O)c1cnccn1. The summed E-state index contributed by atoms with van der Waals surface area (Å²) in [5.41, 5.74) is 7.28. The number of nitrogens with two attached hydrogens (primary N) is 1. The topological polar surface area (TPSA) is 105 Å². The van der Waals surface area contributed by atoms with Crippen LogP contribution >= 0.6 is 0 Å². The quantitative estimate of drug-likeness (QED) is 0.375. The molecule has 0 aliphatic carbocycles. The monoisotopic (exact) mass is 285 g/mol. The number of oxime groups is 1. The Morgan fingerprint density at radius 1 is 1.43 bits per heavy atom. The minimum Gasteiger partial charge on any atom is -0.409 e. The normalized spacial score (nSPS) is 11.2. The van der Waals surface area contributed by atoms with Crippen molar-refractivity contribution >= 4 is 11.7 Å². The van der Waals surface area contributed by atoms with Crippen LogP contribution in [0.3, 0.4) is 0 Å². The minimum atomic E-state index is -0.225. The number of amides is 1. The summed E-state index contributed by atoms with van der Waals surface area (Å²) in [5, 5.41) is 11.6. The first-order valence-electron chi connectivity index (χ1n) is 6.20. The van der Waals surface area contributed by atoms with Crippen molar-refractivity contribution in [1.82, 2.24) is 14.9 Å². The van der Waals surface area contributed by atoms with Gasteiger partial charge in [0.15, 0.2) is 5.84 Å². The lowest BCUT2D eigenvalue weighted by Gasteiger charge is -2.17. The van der Waals surface area contributed by atoms with Gasteiger partial charge in [0.2, 0.25) is 0 Å². The first-order chi connectivity index (χ1) is 10.1. The number of hydrogen-bond acceptors (Lipinski definition) is 5. The number of carbonyl (C=O) groups is 1. The summed E-state index contributed by atoms with van der Waals surface area (Å²) in [4.78, 5) is 21.5. The molecular weight excluding hydrogens is 270 g/mol. The van der Waals surface area contributed by atoms with Crippen molar-refractivity contribution in [2.45, 2.75) is 6.54 Å². The van der Waals surface area contributed by atoms with Gasteiger partial charge in [-0.3, -0.25) is 9.78 Å². The number of aromatic nitrogens is 2. The molecule has 1 amide bonds. The summed E-state index contributed by atoms with van der Waals surface area (Å²) in [6, 6.07) is 7.12. The molecule has 0 saturated heterocycles. The fourth-order valence-electron chi connectivity index (χ4n) is 1.84. The van der Waals surface area contributed by atoms with Crippen molar-refractivity contribution in [2.24, 2.45) is 10.9 Å². The smallest absolute Gasteiger partial charge is 0.274 e. The van der Waals surface area contributed by atoms with E-state index in [9.17, 15) is 4.79 Å². The summed E-state index contributed by atoms with van der Waals surface area (Å²) >= 11 is 0. The fraction of sp³-hybridized carbons (Fsp3) is 0.143. The average molecular weight is 285 g/mol. The number of rotatable bonds is 4. The van der Waals surface area contributed by atoms with E-state index in [1.54, 1.807) is 25.2 Å². The molecule has 2 rings (SSSR count). The lowest BCUT2D eigenvalue weighted by Crippen LogP contribution is -2.27. The van der Waals surface area contributed by atoms with E-state index in [-0.39, 0.29) is 17.4 Å². The highest BCUT2D eigenvalue weighted by Crippen LogP contribution is 2.09. The van der Waals surface area contributed by atoms with Crippen LogP contribution in [0.5, 0.6) is 0 Å². The third-order valence-corrected chi connectivity index (χ3v) is 2.88. The molecule has 7 heteroatoms. The van der Waals surface area contributed by atoms with Crippen molar-refractivity contribution in [3.63, 3.8) is 0 Å². The van der Waals surface area contributed by atoms with E-state index in [1.807, 2.05) is 6.07 Å². The van der Waals surface area contributed by atoms with Gasteiger partial charge in [-0.25, -0.2) is 4.98 Å². The van der Waals surface area contributed by atoms with E-state index in [0.29, 0.717) is 12.1 Å². The first kappa shape index (κ1) is 14.4. The van der Waals surface area contributed by atoms with Crippen molar-refractivity contribution in [1.29, 1.82) is 0 Å². The Morgan fingerprint density at radius 3 is 2.90 bits per heavy atom. The van der Waals surface area contributed by atoms with Crippen molar-refractivity contribution in [3.05, 3.63) is 59.7 Å². The largest absolute Gasteiger partial charge is 0.409 e. The zero-order valence-electron chi connectivity index (χ0n) is 11.5. The maximum Gasteiger partial charge on any atom is 0.274 e. The Hall–Kier alpha value is -2.96. The Morgan fingerprint density at radius 2 is 2.24 bits per heavy atom. The molecular formula is C14H15N5O2. The molecule has 0 atom stereocenters. The summed E-state index contributed by atoms with van der Waals surface area (Å²) in [6.07, 6.45) is 4.41. The molecule has 0 aliphatic heterocycles. The van der Waals surface area contributed by atoms with Crippen LogP contribution in [-0.2, 0) is 6.54 Å². The lowest BCUT2D eigenvalue weighted by molar-refractivity contribution is 0.0779. The molecule has 2 aromatic rings. The van der Waals surface area contributed by atoms with Gasteiger partial charge in [0.05, 0.1) is 6.20 Å². The molecule has 0 saturated carbocycles. The number of amidine groups is 1. The van der Waals surface area contributed by atoms with Gasteiger partial charge in [0.25, 0.3) is 5.91 Å². The Labute approximate surface area is 121 Å². The first-order valence-corrected chi connectivity index (χ1v) is 6.20. The van der Waals surface area contributed by atoms with Crippen LogP contribution in [0.2, 0.25) is 0 Å². The molecule has 0 unspecified atom stereocenters. The third-order valence-electron chi connectivity index (χ3n) is 2.88. The fourth-order valence-corrected chi connectivity index (χ4v) is 1.84. The number of nitrogens with zero attached hydrogens (tertiary/aromatic N) is 4. The van der Waals surface area contributed by atoms with E-state index in [0.717, 1.165) is 5.56 Å². The highest BCUT2D eigenvalue weighted by molar-refractivity contribution is 5.97. The lowest BCUT2D eigenvalue weighted by atomic mass is 10.1. The van der Waals surface area contributed by atoms with Crippen LogP contribution in [0.25, 0.3) is 0 Å². The molecule has 108 valence electrons. The summed E-state index contributed by atoms with van der Waals surface area (Å²) in [6.45, 7) is 0.377. The van der Waals surface area contributed by atoms with E-state index in [4.69, 9.17) is 10.9 Å². The number of carbonyl (C=O) groups excluding carboxylic acids is 1. The molecule has 0 spiro atoms. The average Bonchev–Trinajstić information content (AvgIpc) is 2.54. The molecule has 0 aliphatic rings. The summed E-state index contributed by atoms with van der Waals surface area (Å²) in [7, 11) is 1.67. The third kappa shape index (κ3) is 3.53. The molecule has 3 N–H and O–H groups in total. The second-order valence-corrected chi connectivity index (χ2v) is 4.44. The number of hydrogen-bond donors (Lipinski definition) is 2. The predicted octanol–water partition coefficient (Wildman–Crippen LogP) is 0.843. The van der Waals surface area contributed by atoms with Gasteiger partial charge in [-0.05, 0) is 11.6 Å². The van der Waals surface area contributed by atoms with Crippen LogP contribution in [0.4, 0.5) is 0 Å². The van der Waals surface area contributed by atoms with Gasteiger partial charge < -0.3 is 15.8 Å². The number of benzene rings is 1. The zero-order chi connectivity index (χ0) is 15.2. The molecule has 1 aromatic carbocycles. The molecule has 0 radical (unpaired) electrons. The van der Waals surface area contributed by atoms with E-state index < -0.39 is 0 Å². The van der Waals surface area contributed by atoms with Crippen LogP contribution in [-0.4, -0.2) is 38.9 Å². The van der Waals surface area contributed by atoms with Gasteiger partial charge in [0, 0.05) is 31.5 Å². The Kier molecular flexibility index (Phi) is 4.45. The molecule has 1 heterocycles.